The Labute approximate surface area is 204 Å². The van der Waals surface area contributed by atoms with Crippen LogP contribution in [0, 0.1) is 11.3 Å². The molecule has 180 valence electrons. The molecule has 0 atom stereocenters. The van der Waals surface area contributed by atoms with Gasteiger partial charge in [0.15, 0.2) is 11.5 Å². The van der Waals surface area contributed by atoms with Crippen molar-refractivity contribution in [1.82, 2.24) is 5.43 Å². The predicted molar refractivity (Wildman–Crippen MR) is 125 cm³/mol. The van der Waals surface area contributed by atoms with Crippen LogP contribution in [0.3, 0.4) is 0 Å². The highest BCUT2D eigenvalue weighted by Crippen LogP contribution is 2.37. The van der Waals surface area contributed by atoms with Gasteiger partial charge in [-0.05, 0) is 48.9 Å². The summed E-state index contributed by atoms with van der Waals surface area (Å²) in [5, 5.41) is 13.2. The fourth-order valence-corrected chi connectivity index (χ4v) is 3.31. The zero-order valence-corrected chi connectivity index (χ0v) is 19.2. The SMILES string of the molecule is CCOc1cc(/C=N\NC(=O)c2cccc(C(F)(F)F)c2)cc(Cl)c1OCc1ccccc1C#N. The van der Waals surface area contributed by atoms with E-state index in [9.17, 15) is 23.2 Å². The quantitative estimate of drug-likeness (QED) is 0.304. The molecule has 0 fully saturated rings. The Morgan fingerprint density at radius 3 is 2.63 bits per heavy atom. The van der Waals surface area contributed by atoms with E-state index in [2.05, 4.69) is 16.6 Å². The third-order valence-corrected chi connectivity index (χ3v) is 4.95. The number of halogens is 4. The van der Waals surface area contributed by atoms with Gasteiger partial charge in [0.05, 0.1) is 35.0 Å². The zero-order valence-electron chi connectivity index (χ0n) is 18.4. The first-order valence-electron chi connectivity index (χ1n) is 10.3. The standard InChI is InChI=1S/C25H19ClF3N3O3/c1-2-34-22-11-16(10-21(26)23(22)35-15-19-7-4-3-6-18(19)13-30)14-31-32-24(33)17-8-5-9-20(12-17)25(27,28)29/h3-12,14H,2,15H2,1H3,(H,32,33)/b31-14-. The fraction of sp³-hybridized carbons (Fsp3) is 0.160. The van der Waals surface area contributed by atoms with Crippen LogP contribution >= 0.6 is 11.6 Å². The highest BCUT2D eigenvalue weighted by molar-refractivity contribution is 6.32. The molecule has 0 heterocycles. The van der Waals surface area contributed by atoms with Gasteiger partial charge in [-0.2, -0.15) is 23.5 Å². The van der Waals surface area contributed by atoms with E-state index in [-0.39, 0.29) is 22.9 Å². The minimum absolute atomic E-state index is 0.0873. The van der Waals surface area contributed by atoms with E-state index in [1.807, 2.05) is 0 Å². The largest absolute Gasteiger partial charge is 0.490 e. The molecule has 0 spiro atoms. The zero-order chi connectivity index (χ0) is 25.4. The third kappa shape index (κ3) is 6.74. The van der Waals surface area contributed by atoms with Gasteiger partial charge in [-0.25, -0.2) is 5.43 Å². The van der Waals surface area contributed by atoms with E-state index in [0.29, 0.717) is 29.0 Å². The number of hydrogen-bond donors (Lipinski definition) is 1. The van der Waals surface area contributed by atoms with Crippen LogP contribution in [0.2, 0.25) is 5.02 Å². The molecule has 0 aliphatic heterocycles. The molecule has 0 bridgehead atoms. The predicted octanol–water partition coefficient (Wildman–Crippen LogP) is 5.97. The Bertz CT molecular complexity index is 1290. The number of hydrazone groups is 1. The summed E-state index contributed by atoms with van der Waals surface area (Å²) in [5.74, 6) is -0.217. The number of benzene rings is 3. The van der Waals surface area contributed by atoms with Gasteiger partial charge >= 0.3 is 6.18 Å². The first-order valence-corrected chi connectivity index (χ1v) is 10.7. The number of carbonyl (C=O) groups is 1. The summed E-state index contributed by atoms with van der Waals surface area (Å²) in [4.78, 5) is 12.2. The van der Waals surface area contributed by atoms with Crippen molar-refractivity contribution in [2.45, 2.75) is 19.7 Å². The number of alkyl halides is 3. The minimum atomic E-state index is -4.56. The van der Waals surface area contributed by atoms with Crippen molar-refractivity contribution in [2.24, 2.45) is 5.10 Å². The molecular weight excluding hydrogens is 483 g/mol. The first kappa shape index (κ1) is 25.6. The molecule has 6 nitrogen and oxygen atoms in total. The molecule has 10 heteroatoms. The smallest absolute Gasteiger partial charge is 0.416 e. The lowest BCUT2D eigenvalue weighted by Crippen LogP contribution is -2.18. The number of nitriles is 1. The van der Waals surface area contributed by atoms with Gasteiger partial charge < -0.3 is 9.47 Å². The monoisotopic (exact) mass is 501 g/mol. The summed E-state index contributed by atoms with van der Waals surface area (Å²) in [6.45, 7) is 2.18. The van der Waals surface area contributed by atoms with Crippen molar-refractivity contribution in [1.29, 1.82) is 5.26 Å². The number of nitrogens with zero attached hydrogens (tertiary/aromatic N) is 2. The maximum absolute atomic E-state index is 12.9. The molecule has 35 heavy (non-hydrogen) atoms. The van der Waals surface area contributed by atoms with Gasteiger partial charge in [-0.1, -0.05) is 35.9 Å². The van der Waals surface area contributed by atoms with Crippen LogP contribution in [0.4, 0.5) is 13.2 Å². The second kappa shape index (κ2) is 11.4. The van der Waals surface area contributed by atoms with Crippen molar-refractivity contribution >= 4 is 23.7 Å². The Hall–Kier alpha value is -4.03. The molecular formula is C25H19ClF3N3O3. The van der Waals surface area contributed by atoms with Gasteiger partial charge in [0, 0.05) is 11.1 Å². The van der Waals surface area contributed by atoms with Crippen LogP contribution in [0.5, 0.6) is 11.5 Å². The van der Waals surface area contributed by atoms with Gasteiger partial charge in [0.2, 0.25) is 0 Å². The highest BCUT2D eigenvalue weighted by atomic mass is 35.5. The lowest BCUT2D eigenvalue weighted by Gasteiger charge is -2.15. The molecule has 1 amide bonds. The number of ether oxygens (including phenoxy) is 2. The second-order valence-electron chi connectivity index (χ2n) is 7.10. The molecule has 0 saturated heterocycles. The topological polar surface area (TPSA) is 83.7 Å². The molecule has 0 aliphatic carbocycles. The van der Waals surface area contributed by atoms with Crippen molar-refractivity contribution < 1.29 is 27.4 Å². The number of nitrogens with one attached hydrogen (secondary N) is 1. The molecule has 0 unspecified atom stereocenters. The molecule has 3 rings (SSSR count). The van der Waals surface area contributed by atoms with Crippen molar-refractivity contribution in [2.75, 3.05) is 6.61 Å². The minimum Gasteiger partial charge on any atom is -0.490 e. The Balaban J connectivity index is 1.75. The van der Waals surface area contributed by atoms with Gasteiger partial charge in [0.25, 0.3) is 5.91 Å². The molecule has 3 aromatic carbocycles. The van der Waals surface area contributed by atoms with E-state index < -0.39 is 17.6 Å². The van der Waals surface area contributed by atoms with Crippen molar-refractivity contribution in [3.05, 3.63) is 93.5 Å². The molecule has 1 N–H and O–H groups in total. The van der Waals surface area contributed by atoms with Crippen LogP contribution in [0.25, 0.3) is 0 Å². The average Bonchev–Trinajstić information content (AvgIpc) is 2.83. The van der Waals surface area contributed by atoms with E-state index in [1.54, 1.807) is 37.3 Å². The molecule has 0 aromatic heterocycles. The Kier molecular flexibility index (Phi) is 8.34. The lowest BCUT2D eigenvalue weighted by atomic mass is 10.1. The van der Waals surface area contributed by atoms with Gasteiger partial charge in [-0.15, -0.1) is 0 Å². The maximum atomic E-state index is 12.9. The lowest BCUT2D eigenvalue weighted by molar-refractivity contribution is -0.137. The fourth-order valence-electron chi connectivity index (χ4n) is 3.04. The van der Waals surface area contributed by atoms with E-state index in [4.69, 9.17) is 21.1 Å². The Morgan fingerprint density at radius 1 is 1.14 bits per heavy atom. The number of carbonyl (C=O) groups excluding carboxylic acids is 1. The van der Waals surface area contributed by atoms with Gasteiger partial charge in [0.1, 0.15) is 6.61 Å². The molecule has 0 aliphatic rings. The second-order valence-corrected chi connectivity index (χ2v) is 7.51. The average molecular weight is 502 g/mol. The summed E-state index contributed by atoms with van der Waals surface area (Å²) in [7, 11) is 0. The molecule has 0 saturated carbocycles. The summed E-state index contributed by atoms with van der Waals surface area (Å²) in [6, 6.07) is 16.2. The molecule has 0 radical (unpaired) electrons. The number of rotatable bonds is 8. The van der Waals surface area contributed by atoms with E-state index >= 15 is 0 Å². The summed E-state index contributed by atoms with van der Waals surface area (Å²) in [6.07, 6.45) is -3.29. The van der Waals surface area contributed by atoms with Crippen molar-refractivity contribution in [3.8, 4) is 17.6 Å². The summed E-state index contributed by atoms with van der Waals surface area (Å²) >= 11 is 6.38. The van der Waals surface area contributed by atoms with Crippen LogP contribution in [0.15, 0.2) is 65.8 Å². The van der Waals surface area contributed by atoms with Crippen LogP contribution in [-0.2, 0) is 12.8 Å². The van der Waals surface area contributed by atoms with E-state index in [1.165, 1.54) is 18.3 Å². The van der Waals surface area contributed by atoms with Crippen molar-refractivity contribution in [3.63, 3.8) is 0 Å². The summed E-state index contributed by atoms with van der Waals surface area (Å²) in [5.41, 5.74) is 2.67. The molecule has 3 aromatic rings. The third-order valence-electron chi connectivity index (χ3n) is 4.67. The van der Waals surface area contributed by atoms with Crippen LogP contribution in [-0.4, -0.2) is 18.7 Å². The van der Waals surface area contributed by atoms with Crippen LogP contribution in [0.1, 0.15) is 39.5 Å². The van der Waals surface area contributed by atoms with Crippen LogP contribution < -0.4 is 14.9 Å². The highest BCUT2D eigenvalue weighted by Gasteiger charge is 2.30. The maximum Gasteiger partial charge on any atom is 0.416 e. The number of hydrogen-bond acceptors (Lipinski definition) is 5. The van der Waals surface area contributed by atoms with Gasteiger partial charge in [-0.3, -0.25) is 4.79 Å². The normalized spacial score (nSPS) is 11.2. The Morgan fingerprint density at radius 2 is 1.91 bits per heavy atom. The number of amides is 1. The van der Waals surface area contributed by atoms with E-state index in [0.717, 1.165) is 18.2 Å². The first-order chi connectivity index (χ1) is 16.7. The summed E-state index contributed by atoms with van der Waals surface area (Å²) < 4.78 is 50.0.